The van der Waals surface area contributed by atoms with Crippen molar-refractivity contribution in [2.24, 2.45) is 11.8 Å². The highest BCUT2D eigenvalue weighted by molar-refractivity contribution is 9.10. The van der Waals surface area contributed by atoms with Gasteiger partial charge in [-0.25, -0.2) is 9.69 Å². The minimum atomic E-state index is -1.61. The van der Waals surface area contributed by atoms with Gasteiger partial charge >= 0.3 is 6.03 Å². The summed E-state index contributed by atoms with van der Waals surface area (Å²) in [6, 6.07) is 11.5. The van der Waals surface area contributed by atoms with Crippen molar-refractivity contribution in [2.45, 2.75) is 82.1 Å². The summed E-state index contributed by atoms with van der Waals surface area (Å²) in [7, 11) is 0. The minimum absolute atomic E-state index is 0.0166. The van der Waals surface area contributed by atoms with Gasteiger partial charge in [-0.05, 0) is 96.6 Å². The lowest BCUT2D eigenvalue weighted by Crippen LogP contribution is -2.82. The Morgan fingerprint density at radius 2 is 1.77 bits per heavy atom. The molecule has 14 heteroatoms. The molecule has 1 spiro atoms. The summed E-state index contributed by atoms with van der Waals surface area (Å²) in [6.45, 7) is 4.48. The number of Topliss-reactive ketones (excluding diaryl/α,β-unsaturated/α-hetero) is 2. The number of urea groups is 1. The van der Waals surface area contributed by atoms with Crippen LogP contribution in [-0.2, 0) is 32.2 Å². The molecule has 1 saturated carbocycles. The molecule has 2 aromatic rings. The topological polar surface area (TPSA) is 160 Å². The van der Waals surface area contributed by atoms with Crippen molar-refractivity contribution in [2.75, 3.05) is 44.6 Å². The average molecular weight is 781 g/mol. The number of phenolic OH excluding ortho intramolecular Hbond substituents is 1. The van der Waals surface area contributed by atoms with Crippen molar-refractivity contribution >= 4 is 51.6 Å². The number of carbonyl (C=O) groups is 5. The van der Waals surface area contributed by atoms with Crippen molar-refractivity contribution in [3.8, 4) is 5.75 Å². The van der Waals surface area contributed by atoms with Gasteiger partial charge < -0.3 is 30.0 Å². The number of nitrogens with zero attached hydrogens (tertiary/aromatic N) is 4. The number of benzene rings is 2. The van der Waals surface area contributed by atoms with Crippen LogP contribution in [0.1, 0.15) is 63.0 Å². The average Bonchev–Trinajstić information content (AvgIpc) is 3.69. The van der Waals surface area contributed by atoms with E-state index in [-0.39, 0.29) is 68.9 Å². The summed E-state index contributed by atoms with van der Waals surface area (Å²) in [4.78, 5) is 77.5. The fourth-order valence-corrected chi connectivity index (χ4v) is 10.4. The fraction of sp³-hybridized carbons (Fsp3) is 0.553. The van der Waals surface area contributed by atoms with Crippen LogP contribution < -0.4 is 10.4 Å². The molecule has 4 atom stereocenters. The zero-order valence-corrected chi connectivity index (χ0v) is 31.0. The number of likely N-dealkylation sites (tertiary alicyclic amines) is 2. The predicted molar refractivity (Wildman–Crippen MR) is 190 cm³/mol. The van der Waals surface area contributed by atoms with E-state index < -0.39 is 39.4 Å². The van der Waals surface area contributed by atoms with E-state index in [2.05, 4.69) is 21.2 Å². The van der Waals surface area contributed by atoms with Crippen LogP contribution in [0.15, 0.2) is 46.9 Å². The molecule has 13 nitrogen and oxygen atoms in total. The number of halogens is 1. The summed E-state index contributed by atoms with van der Waals surface area (Å²) in [5.74, 6) is -0.811. The van der Waals surface area contributed by atoms with Crippen LogP contribution in [0.3, 0.4) is 0 Å². The number of rotatable bonds is 9. The Bertz CT molecular complexity index is 1750. The molecule has 4 heterocycles. The van der Waals surface area contributed by atoms with Crippen molar-refractivity contribution in [3.63, 3.8) is 0 Å². The molecule has 278 valence electrons. The maximum atomic E-state index is 13.9. The van der Waals surface area contributed by atoms with Gasteiger partial charge in [-0.15, -0.1) is 0 Å². The number of aromatic hydroxyl groups is 1. The molecule has 0 radical (unpaired) electrons. The van der Waals surface area contributed by atoms with Crippen molar-refractivity contribution in [1.29, 1.82) is 0 Å². The van der Waals surface area contributed by atoms with Gasteiger partial charge in [0, 0.05) is 56.3 Å². The number of piperidine rings is 3. The number of carbonyl (C=O) groups excluding carboxylic acids is 5. The molecule has 2 N–H and O–H groups in total. The molecule has 1 aliphatic carbocycles. The van der Waals surface area contributed by atoms with E-state index in [9.17, 15) is 34.2 Å². The third kappa shape index (κ3) is 6.05. The standard InChI is InChI=1S/C38H46BrN5O8/c1-2-52-41-15-9-26(10-16-41)28-12-18-43(38(22-28)33(47)34(38)48)37(14-20-45)23-29(42-17-11-27-5-3-4-6-31(27)40-35(42)49)13-19-44(37,36(50)51)24-25-7-8-32(46)30(39)21-25/h3-8,20-21,26,28-29H,2,9-19,22-24H2,1H3,(H2-,40,46,49,50,51)/t28?,29?,37?,44-/m0/s1. The van der Waals surface area contributed by atoms with E-state index in [0.29, 0.717) is 48.0 Å². The molecule has 2 aromatic carbocycles. The molecule has 4 fully saturated rings. The number of ketones is 2. The van der Waals surface area contributed by atoms with Crippen LogP contribution in [0.5, 0.6) is 5.75 Å². The Labute approximate surface area is 311 Å². The van der Waals surface area contributed by atoms with Crippen LogP contribution in [0, 0.1) is 11.8 Å². The first-order valence-corrected chi connectivity index (χ1v) is 19.2. The van der Waals surface area contributed by atoms with Crippen LogP contribution in [0.25, 0.3) is 0 Å². The van der Waals surface area contributed by atoms with E-state index in [1.54, 1.807) is 21.9 Å². The Morgan fingerprint density at radius 1 is 1.04 bits per heavy atom. The SMILES string of the molecule is CCON1CCC(C2CCN(C3(CC=O)CC(N4CCc5ccccc5NC4=O)CC[N@+]3(Cc3ccc(O)c(Br)c3)C(=O)[O-])C3(C2)C(=O)C3=O)CC1. The molecule has 3 amide bonds. The van der Waals surface area contributed by atoms with Crippen LogP contribution in [0.4, 0.5) is 15.3 Å². The van der Waals surface area contributed by atoms with E-state index in [4.69, 9.17) is 4.84 Å². The summed E-state index contributed by atoms with van der Waals surface area (Å²) in [5, 5.41) is 29.1. The van der Waals surface area contributed by atoms with Crippen molar-refractivity contribution in [3.05, 3.63) is 58.1 Å². The summed E-state index contributed by atoms with van der Waals surface area (Å²) in [5.41, 5.74) is -0.919. The Balaban J connectivity index is 1.29. The molecule has 3 unspecified atom stereocenters. The first-order valence-electron chi connectivity index (χ1n) is 18.4. The van der Waals surface area contributed by atoms with Crippen LogP contribution in [0.2, 0.25) is 0 Å². The number of para-hydroxylation sites is 1. The first kappa shape index (κ1) is 36.7. The number of anilines is 1. The number of quaternary nitrogens is 1. The smallest absolute Gasteiger partial charge is 0.322 e. The van der Waals surface area contributed by atoms with Gasteiger partial charge in [0.05, 0.1) is 24.0 Å². The minimum Gasteiger partial charge on any atom is -0.507 e. The van der Waals surface area contributed by atoms with Gasteiger partial charge in [-0.3, -0.25) is 18.9 Å². The van der Waals surface area contributed by atoms with Gasteiger partial charge in [0.15, 0.2) is 11.2 Å². The lowest BCUT2D eigenvalue weighted by molar-refractivity contribution is -0.957. The second-order valence-corrected chi connectivity index (χ2v) is 15.9. The highest BCUT2D eigenvalue weighted by Crippen LogP contribution is 2.55. The van der Waals surface area contributed by atoms with Gasteiger partial charge in [0.25, 0.3) is 6.09 Å². The Morgan fingerprint density at radius 3 is 2.44 bits per heavy atom. The maximum absolute atomic E-state index is 13.9. The maximum Gasteiger partial charge on any atom is 0.322 e. The van der Waals surface area contributed by atoms with Gasteiger partial charge in [-0.2, -0.15) is 5.06 Å². The number of amides is 3. The monoisotopic (exact) mass is 779 g/mol. The zero-order valence-electron chi connectivity index (χ0n) is 29.4. The lowest BCUT2D eigenvalue weighted by atomic mass is 9.73. The largest absolute Gasteiger partial charge is 0.507 e. The normalized spacial score (nSPS) is 29.7. The van der Waals surface area contributed by atoms with E-state index in [1.165, 1.54) is 6.07 Å². The predicted octanol–water partition coefficient (Wildman–Crippen LogP) is 3.62. The summed E-state index contributed by atoms with van der Waals surface area (Å²) >= 11 is 3.35. The van der Waals surface area contributed by atoms with E-state index >= 15 is 0 Å². The number of hydrogen-bond acceptors (Lipinski definition) is 10. The zero-order chi connectivity index (χ0) is 36.8. The Kier molecular flexibility index (Phi) is 10.1. The number of aldehydes is 1. The lowest BCUT2D eigenvalue weighted by Gasteiger charge is -2.63. The Hall–Kier alpha value is -3.69. The highest BCUT2D eigenvalue weighted by atomic mass is 79.9. The van der Waals surface area contributed by atoms with Crippen LogP contribution >= 0.6 is 15.9 Å². The molecular formula is C38H46BrN5O8. The highest BCUT2D eigenvalue weighted by Gasteiger charge is 2.77. The van der Waals surface area contributed by atoms with E-state index in [1.807, 2.05) is 36.3 Å². The molecule has 52 heavy (non-hydrogen) atoms. The second kappa shape index (κ2) is 14.3. The quantitative estimate of drug-likeness (QED) is 0.167. The van der Waals surface area contributed by atoms with Gasteiger partial charge in [0.2, 0.25) is 11.6 Å². The number of phenols is 1. The summed E-state index contributed by atoms with van der Waals surface area (Å²) < 4.78 is -0.368. The molecule has 7 rings (SSSR count). The molecule has 0 bridgehead atoms. The number of hydroxylamine groups is 2. The van der Waals surface area contributed by atoms with E-state index in [0.717, 1.165) is 31.5 Å². The van der Waals surface area contributed by atoms with Crippen molar-refractivity contribution < 1.29 is 43.5 Å². The number of hydrogen-bond donors (Lipinski definition) is 2. The third-order valence-electron chi connectivity index (χ3n) is 12.6. The molecule has 0 aromatic heterocycles. The van der Waals surface area contributed by atoms with Crippen LogP contribution in [-0.4, -0.2) is 111 Å². The molecule has 3 saturated heterocycles. The van der Waals surface area contributed by atoms with Gasteiger partial charge in [0.1, 0.15) is 18.6 Å². The van der Waals surface area contributed by atoms with Gasteiger partial charge in [-0.1, -0.05) is 18.2 Å². The summed E-state index contributed by atoms with van der Waals surface area (Å²) in [6.07, 6.45) is 2.41. The first-order chi connectivity index (χ1) is 25.0. The number of fused-ring (bicyclic) bond motifs is 1. The van der Waals surface area contributed by atoms with Crippen molar-refractivity contribution in [1.82, 2.24) is 14.9 Å². The molecule has 5 aliphatic rings. The molecular weight excluding hydrogens is 734 g/mol. The number of carboxylic acid groups (broad SMARTS) is 1. The third-order valence-corrected chi connectivity index (χ3v) is 13.3. The second-order valence-electron chi connectivity index (χ2n) is 15.0. The number of nitrogens with one attached hydrogen (secondary N) is 1. The molecule has 4 aliphatic heterocycles. The fourth-order valence-electron chi connectivity index (χ4n) is 9.99.